The molecule has 1 aromatic carbocycles. The predicted octanol–water partition coefficient (Wildman–Crippen LogP) is 3.04. The molecule has 18 heavy (non-hydrogen) atoms. The number of halogens is 1. The smallest absolute Gasteiger partial charge is 0.128 e. The largest absolute Gasteiger partial charge is 0.496 e. The van der Waals surface area contributed by atoms with E-state index in [4.69, 9.17) is 22.1 Å². The number of hydrogen-bond acceptors (Lipinski definition) is 2. The number of rotatable bonds is 3. The van der Waals surface area contributed by atoms with Gasteiger partial charge in [0.2, 0.25) is 0 Å². The van der Waals surface area contributed by atoms with Crippen molar-refractivity contribution in [2.24, 2.45) is 12.8 Å². The van der Waals surface area contributed by atoms with E-state index in [-0.39, 0.29) is 6.04 Å². The zero-order valence-corrected chi connectivity index (χ0v) is 12.0. The van der Waals surface area contributed by atoms with E-state index in [1.807, 2.05) is 26.1 Å². The molecule has 0 amide bonds. The van der Waals surface area contributed by atoms with Crippen LogP contribution >= 0.6 is 11.6 Å². The summed E-state index contributed by atoms with van der Waals surface area (Å²) in [7, 11) is 3.70. The van der Waals surface area contributed by atoms with Crippen LogP contribution in [0.2, 0.25) is 5.02 Å². The van der Waals surface area contributed by atoms with Crippen LogP contribution in [0.15, 0.2) is 12.1 Å². The maximum Gasteiger partial charge on any atom is 0.128 e. The van der Waals surface area contributed by atoms with Crippen molar-refractivity contribution < 1.29 is 4.74 Å². The summed E-state index contributed by atoms with van der Waals surface area (Å²) in [4.78, 5) is 0. The van der Waals surface area contributed by atoms with Gasteiger partial charge in [-0.1, -0.05) is 11.6 Å². The Hall–Kier alpha value is -1.19. The molecule has 2 aromatic rings. The molecule has 0 saturated carbocycles. The lowest BCUT2D eigenvalue weighted by molar-refractivity contribution is 0.419. The number of fused-ring (bicyclic) bond motifs is 1. The Labute approximate surface area is 112 Å². The lowest BCUT2D eigenvalue weighted by Gasteiger charge is -2.08. The Morgan fingerprint density at radius 1 is 1.44 bits per heavy atom. The van der Waals surface area contributed by atoms with Crippen LogP contribution in [0.25, 0.3) is 10.9 Å². The fourth-order valence-corrected chi connectivity index (χ4v) is 2.74. The summed E-state index contributed by atoms with van der Waals surface area (Å²) in [5, 5.41) is 1.83. The Morgan fingerprint density at radius 3 is 2.67 bits per heavy atom. The molecule has 0 spiro atoms. The van der Waals surface area contributed by atoms with Gasteiger partial charge < -0.3 is 15.0 Å². The van der Waals surface area contributed by atoms with Crippen molar-refractivity contribution >= 4 is 22.5 Å². The number of ether oxygens (including phenoxy) is 1. The second kappa shape index (κ2) is 4.82. The highest BCUT2D eigenvalue weighted by Crippen LogP contribution is 2.37. The minimum absolute atomic E-state index is 0.109. The Bertz CT molecular complexity index is 587. The van der Waals surface area contributed by atoms with Crippen LogP contribution in [-0.2, 0) is 13.5 Å². The number of nitrogens with two attached hydrogens (primary N) is 1. The number of methoxy groups -OCH3 is 1. The van der Waals surface area contributed by atoms with Gasteiger partial charge in [0, 0.05) is 24.2 Å². The van der Waals surface area contributed by atoms with Gasteiger partial charge >= 0.3 is 0 Å². The molecule has 2 N–H and O–H groups in total. The SMILES string of the molecule is COc1ccc(Cl)c2c1c(CC(C)N)c(C)n2C. The summed E-state index contributed by atoms with van der Waals surface area (Å²) in [6.45, 7) is 4.10. The molecule has 98 valence electrons. The third kappa shape index (κ3) is 1.98. The van der Waals surface area contributed by atoms with E-state index >= 15 is 0 Å². The van der Waals surface area contributed by atoms with Crippen molar-refractivity contribution in [2.75, 3.05) is 7.11 Å². The number of aryl methyl sites for hydroxylation is 1. The lowest BCUT2D eigenvalue weighted by Crippen LogP contribution is -2.18. The molecule has 1 atom stereocenters. The molecule has 0 saturated heterocycles. The highest BCUT2D eigenvalue weighted by molar-refractivity contribution is 6.35. The molecule has 2 rings (SSSR count). The molecule has 0 aliphatic heterocycles. The Morgan fingerprint density at radius 2 is 2.11 bits per heavy atom. The third-order valence-corrected chi connectivity index (χ3v) is 3.72. The summed E-state index contributed by atoms with van der Waals surface area (Å²) >= 11 is 6.31. The predicted molar refractivity (Wildman–Crippen MR) is 76.6 cm³/mol. The first kappa shape index (κ1) is 13.2. The molecular weight excluding hydrogens is 248 g/mol. The fourth-order valence-electron chi connectivity index (χ4n) is 2.46. The maximum absolute atomic E-state index is 6.31. The number of hydrogen-bond donors (Lipinski definition) is 1. The molecule has 0 aliphatic rings. The number of aromatic nitrogens is 1. The van der Waals surface area contributed by atoms with E-state index in [9.17, 15) is 0 Å². The summed E-state index contributed by atoms with van der Waals surface area (Å²) in [6.07, 6.45) is 0.819. The van der Waals surface area contributed by atoms with Crippen LogP contribution in [0.4, 0.5) is 0 Å². The third-order valence-electron chi connectivity index (χ3n) is 3.41. The van der Waals surface area contributed by atoms with Crippen molar-refractivity contribution in [1.82, 2.24) is 4.57 Å². The van der Waals surface area contributed by atoms with E-state index in [1.54, 1.807) is 7.11 Å². The van der Waals surface area contributed by atoms with Gasteiger partial charge in [-0.2, -0.15) is 0 Å². The Balaban J connectivity index is 2.84. The number of nitrogens with zero attached hydrogens (tertiary/aromatic N) is 1. The molecule has 4 heteroatoms. The first-order chi connectivity index (χ1) is 8.47. The molecular formula is C14H19ClN2O. The molecule has 0 fully saturated rings. The topological polar surface area (TPSA) is 40.2 Å². The molecule has 1 unspecified atom stereocenters. The lowest BCUT2D eigenvalue weighted by atomic mass is 10.0. The summed E-state index contributed by atoms with van der Waals surface area (Å²) in [5.74, 6) is 0.855. The van der Waals surface area contributed by atoms with Crippen LogP contribution in [0, 0.1) is 6.92 Å². The summed E-state index contributed by atoms with van der Waals surface area (Å²) in [6, 6.07) is 3.89. The van der Waals surface area contributed by atoms with Gasteiger partial charge in [0.25, 0.3) is 0 Å². The van der Waals surface area contributed by atoms with Crippen LogP contribution in [-0.4, -0.2) is 17.7 Å². The zero-order valence-electron chi connectivity index (χ0n) is 11.2. The van der Waals surface area contributed by atoms with Gasteiger partial charge in [-0.15, -0.1) is 0 Å². The van der Waals surface area contributed by atoms with Crippen LogP contribution in [0.1, 0.15) is 18.2 Å². The molecule has 0 aliphatic carbocycles. The highest BCUT2D eigenvalue weighted by atomic mass is 35.5. The second-order valence-corrected chi connectivity index (χ2v) is 5.18. The van der Waals surface area contributed by atoms with Gasteiger partial charge in [0.15, 0.2) is 0 Å². The van der Waals surface area contributed by atoms with Crippen LogP contribution in [0.3, 0.4) is 0 Å². The molecule has 0 bridgehead atoms. The molecule has 3 nitrogen and oxygen atoms in total. The van der Waals surface area contributed by atoms with Crippen LogP contribution in [0.5, 0.6) is 5.75 Å². The van der Waals surface area contributed by atoms with Gasteiger partial charge in [-0.3, -0.25) is 0 Å². The minimum Gasteiger partial charge on any atom is -0.496 e. The maximum atomic E-state index is 6.31. The van der Waals surface area contributed by atoms with Gasteiger partial charge in [0.1, 0.15) is 5.75 Å². The zero-order chi connectivity index (χ0) is 13.4. The monoisotopic (exact) mass is 266 g/mol. The van der Waals surface area contributed by atoms with Crippen molar-refractivity contribution in [2.45, 2.75) is 26.3 Å². The summed E-state index contributed by atoms with van der Waals surface area (Å²) < 4.78 is 7.57. The molecule has 1 heterocycles. The van der Waals surface area contributed by atoms with E-state index in [0.717, 1.165) is 28.1 Å². The van der Waals surface area contributed by atoms with Gasteiger partial charge in [-0.25, -0.2) is 0 Å². The van der Waals surface area contributed by atoms with Crippen molar-refractivity contribution in [1.29, 1.82) is 0 Å². The average molecular weight is 267 g/mol. The highest BCUT2D eigenvalue weighted by Gasteiger charge is 2.18. The van der Waals surface area contributed by atoms with Crippen molar-refractivity contribution in [3.05, 3.63) is 28.4 Å². The van der Waals surface area contributed by atoms with E-state index in [0.29, 0.717) is 0 Å². The van der Waals surface area contributed by atoms with Crippen molar-refractivity contribution in [3.8, 4) is 5.75 Å². The molecule has 0 radical (unpaired) electrons. The fraction of sp³-hybridized carbons (Fsp3) is 0.429. The second-order valence-electron chi connectivity index (χ2n) is 4.78. The van der Waals surface area contributed by atoms with E-state index in [2.05, 4.69) is 11.5 Å². The van der Waals surface area contributed by atoms with Gasteiger partial charge in [0.05, 0.1) is 17.6 Å². The standard InChI is InChI=1S/C14H19ClN2O/c1-8(16)7-10-9(2)17(3)14-11(15)5-6-12(18-4)13(10)14/h5-6,8H,7,16H2,1-4H3. The van der Waals surface area contributed by atoms with E-state index < -0.39 is 0 Å². The summed E-state index contributed by atoms with van der Waals surface area (Å²) in [5.41, 5.74) is 9.37. The first-order valence-corrected chi connectivity index (χ1v) is 6.41. The molecule has 1 aromatic heterocycles. The van der Waals surface area contributed by atoms with Gasteiger partial charge in [-0.05, 0) is 38.0 Å². The normalized spacial score (nSPS) is 13.0. The van der Waals surface area contributed by atoms with E-state index in [1.165, 1.54) is 11.3 Å². The van der Waals surface area contributed by atoms with Crippen molar-refractivity contribution in [3.63, 3.8) is 0 Å². The minimum atomic E-state index is 0.109. The number of benzene rings is 1. The quantitative estimate of drug-likeness (QED) is 0.928. The average Bonchev–Trinajstić information content (AvgIpc) is 2.56. The van der Waals surface area contributed by atoms with Crippen LogP contribution < -0.4 is 10.5 Å². The first-order valence-electron chi connectivity index (χ1n) is 6.03. The Kier molecular flexibility index (Phi) is 3.55.